The fourth-order valence-corrected chi connectivity index (χ4v) is 6.58. The Labute approximate surface area is 245 Å². The van der Waals surface area contributed by atoms with Gasteiger partial charge in [-0.05, 0) is 89.5 Å². The number of aromatic nitrogens is 1. The highest BCUT2D eigenvalue weighted by molar-refractivity contribution is 7.17. The second-order valence-corrected chi connectivity index (χ2v) is 13.3. The average Bonchev–Trinajstić information content (AvgIpc) is 3.25. The minimum atomic E-state index is -0.612. The number of thiazole rings is 1. The number of nitrogens with one attached hydrogen (secondary N) is 2. The molecular formula is C30H42FN5O4S. The maximum Gasteiger partial charge on any atom is 0.410 e. The predicted octanol–water partition coefficient (Wildman–Crippen LogP) is 5.50. The van der Waals surface area contributed by atoms with Crippen molar-refractivity contribution in [3.8, 4) is 0 Å². The number of Topliss-reactive ketones (excluding diaryl/α,β-unsaturated/α-hetero) is 1. The van der Waals surface area contributed by atoms with E-state index in [4.69, 9.17) is 4.74 Å². The van der Waals surface area contributed by atoms with Crippen LogP contribution in [0.1, 0.15) is 67.9 Å². The smallest absolute Gasteiger partial charge is 0.410 e. The number of hydrogen-bond acceptors (Lipinski definition) is 7. The van der Waals surface area contributed by atoms with Crippen LogP contribution in [0, 0.1) is 24.6 Å². The van der Waals surface area contributed by atoms with Gasteiger partial charge in [0.1, 0.15) is 11.4 Å². The molecule has 224 valence electrons. The third-order valence-corrected chi connectivity index (χ3v) is 8.77. The molecule has 9 nitrogen and oxygen atoms in total. The summed E-state index contributed by atoms with van der Waals surface area (Å²) in [6.45, 7) is 12.4. The molecule has 0 bridgehead atoms. The molecule has 1 aromatic carbocycles. The molecule has 3 amide bonds. The number of aryl methyl sites for hydroxylation is 1. The van der Waals surface area contributed by atoms with Gasteiger partial charge in [0.05, 0.1) is 16.6 Å². The Balaban J connectivity index is 1.42. The van der Waals surface area contributed by atoms with Crippen LogP contribution in [-0.4, -0.2) is 77.1 Å². The van der Waals surface area contributed by atoms with Crippen LogP contribution >= 0.6 is 11.3 Å². The number of amides is 3. The summed E-state index contributed by atoms with van der Waals surface area (Å²) in [5, 5.41) is 6.23. The monoisotopic (exact) mass is 587 g/mol. The number of hydrogen-bond donors (Lipinski definition) is 2. The molecule has 2 N–H and O–H groups in total. The third kappa shape index (κ3) is 8.97. The second-order valence-electron chi connectivity index (χ2n) is 12.3. The number of piperidine rings is 2. The number of ether oxygens (including phenoxy) is 1. The average molecular weight is 588 g/mol. The largest absolute Gasteiger partial charge is 0.444 e. The Kier molecular flexibility index (Phi) is 10.0. The fraction of sp³-hybridized carbons (Fsp3) is 0.600. The highest BCUT2D eigenvalue weighted by atomic mass is 32.1. The van der Waals surface area contributed by atoms with Crippen LogP contribution < -0.4 is 10.6 Å². The van der Waals surface area contributed by atoms with Gasteiger partial charge in [-0.3, -0.25) is 10.1 Å². The minimum absolute atomic E-state index is 0.0898. The molecule has 0 radical (unpaired) electrons. The van der Waals surface area contributed by atoms with E-state index in [1.807, 2.05) is 32.9 Å². The van der Waals surface area contributed by atoms with Crippen molar-refractivity contribution in [2.75, 3.05) is 38.0 Å². The van der Waals surface area contributed by atoms with E-state index >= 15 is 0 Å². The molecule has 0 aliphatic carbocycles. The van der Waals surface area contributed by atoms with Gasteiger partial charge in [-0.1, -0.05) is 23.5 Å². The lowest BCUT2D eigenvalue weighted by Crippen LogP contribution is -2.58. The minimum Gasteiger partial charge on any atom is -0.444 e. The zero-order valence-electron chi connectivity index (χ0n) is 24.7. The van der Waals surface area contributed by atoms with Crippen molar-refractivity contribution in [3.63, 3.8) is 0 Å². The van der Waals surface area contributed by atoms with Crippen LogP contribution in [0.15, 0.2) is 24.3 Å². The topological polar surface area (TPSA) is 104 Å². The van der Waals surface area contributed by atoms with E-state index < -0.39 is 11.6 Å². The molecule has 2 aliphatic heterocycles. The summed E-state index contributed by atoms with van der Waals surface area (Å²) in [5.74, 6) is 0.306. The van der Waals surface area contributed by atoms with Crippen molar-refractivity contribution < 1.29 is 23.5 Å². The van der Waals surface area contributed by atoms with Crippen molar-refractivity contribution in [2.45, 2.75) is 71.9 Å². The van der Waals surface area contributed by atoms with Crippen LogP contribution in [0.5, 0.6) is 0 Å². The zero-order valence-corrected chi connectivity index (χ0v) is 25.5. The Morgan fingerprint density at radius 3 is 2.51 bits per heavy atom. The highest BCUT2D eigenvalue weighted by Gasteiger charge is 2.36. The van der Waals surface area contributed by atoms with Crippen LogP contribution in [-0.2, 0) is 11.2 Å². The SMILES string of the molecule is CC(=O)c1sc(NC(=O)N[C@@H]2CN(C(=O)OC(C)(C)C)CC[C@H]2CN2CCC[C@@H](Cc3ccc(F)cc3)C2)nc1C. The molecule has 11 heteroatoms. The van der Waals surface area contributed by atoms with Gasteiger partial charge in [-0.25, -0.2) is 19.0 Å². The van der Waals surface area contributed by atoms with Crippen LogP contribution in [0.4, 0.5) is 19.1 Å². The highest BCUT2D eigenvalue weighted by Crippen LogP contribution is 2.27. The van der Waals surface area contributed by atoms with Crippen molar-refractivity contribution >= 4 is 34.4 Å². The van der Waals surface area contributed by atoms with E-state index in [9.17, 15) is 18.8 Å². The van der Waals surface area contributed by atoms with Crippen molar-refractivity contribution in [1.29, 1.82) is 0 Å². The quantitative estimate of drug-likeness (QED) is 0.415. The lowest BCUT2D eigenvalue weighted by molar-refractivity contribution is 0.0114. The first kappa shape index (κ1) is 30.9. The van der Waals surface area contributed by atoms with E-state index in [-0.39, 0.29) is 29.7 Å². The van der Waals surface area contributed by atoms with E-state index in [1.54, 1.807) is 11.8 Å². The summed E-state index contributed by atoms with van der Waals surface area (Å²) in [7, 11) is 0. The Hall–Kier alpha value is -3.05. The summed E-state index contributed by atoms with van der Waals surface area (Å²) in [6, 6.07) is 6.06. The summed E-state index contributed by atoms with van der Waals surface area (Å²) < 4.78 is 19.0. The van der Waals surface area contributed by atoms with Gasteiger partial charge < -0.3 is 19.9 Å². The van der Waals surface area contributed by atoms with E-state index in [0.29, 0.717) is 34.7 Å². The number of halogens is 1. The van der Waals surface area contributed by atoms with E-state index in [0.717, 1.165) is 62.2 Å². The molecule has 41 heavy (non-hydrogen) atoms. The molecule has 0 saturated carbocycles. The molecule has 2 aliphatic rings. The summed E-state index contributed by atoms with van der Waals surface area (Å²) in [4.78, 5) is 46.7. The van der Waals surface area contributed by atoms with E-state index in [1.165, 1.54) is 19.1 Å². The second kappa shape index (κ2) is 13.3. The van der Waals surface area contributed by atoms with Gasteiger partial charge in [-0.15, -0.1) is 0 Å². The lowest BCUT2D eigenvalue weighted by Gasteiger charge is -2.42. The molecule has 0 unspecified atom stereocenters. The fourth-order valence-electron chi connectivity index (χ4n) is 5.72. The first-order chi connectivity index (χ1) is 19.4. The molecule has 1 aromatic heterocycles. The molecule has 4 rings (SSSR count). The maximum absolute atomic E-state index is 13.4. The molecule has 2 fully saturated rings. The molecule has 0 spiro atoms. The Bertz CT molecular complexity index is 1230. The van der Waals surface area contributed by atoms with Gasteiger partial charge in [-0.2, -0.15) is 0 Å². The number of anilines is 1. The number of rotatable bonds is 7. The molecule has 2 saturated heterocycles. The number of benzene rings is 1. The summed E-state index contributed by atoms with van der Waals surface area (Å²) in [6.07, 6.45) is 3.47. The number of carbonyl (C=O) groups is 3. The summed E-state index contributed by atoms with van der Waals surface area (Å²) >= 11 is 1.15. The van der Waals surface area contributed by atoms with Gasteiger partial charge >= 0.3 is 12.1 Å². The van der Waals surface area contributed by atoms with Gasteiger partial charge in [0.15, 0.2) is 10.9 Å². The molecule has 3 heterocycles. The lowest BCUT2D eigenvalue weighted by atomic mass is 9.87. The van der Waals surface area contributed by atoms with Gasteiger partial charge in [0, 0.05) is 33.1 Å². The molecular weight excluding hydrogens is 545 g/mol. The zero-order chi connectivity index (χ0) is 29.7. The number of nitrogens with zero attached hydrogens (tertiary/aromatic N) is 3. The third-order valence-electron chi connectivity index (χ3n) is 7.59. The van der Waals surface area contributed by atoms with Crippen LogP contribution in [0.2, 0.25) is 0 Å². The number of urea groups is 1. The van der Waals surface area contributed by atoms with E-state index in [2.05, 4.69) is 20.5 Å². The normalized spacial score (nSPS) is 21.8. The first-order valence-electron chi connectivity index (χ1n) is 14.4. The summed E-state index contributed by atoms with van der Waals surface area (Å²) in [5.41, 5.74) is 1.12. The van der Waals surface area contributed by atoms with Crippen molar-refractivity contribution in [3.05, 3.63) is 46.2 Å². The van der Waals surface area contributed by atoms with Crippen molar-refractivity contribution in [1.82, 2.24) is 20.1 Å². The van der Waals surface area contributed by atoms with Gasteiger partial charge in [0.25, 0.3) is 0 Å². The van der Waals surface area contributed by atoms with Crippen LogP contribution in [0.3, 0.4) is 0 Å². The Morgan fingerprint density at radius 1 is 1.12 bits per heavy atom. The maximum atomic E-state index is 13.4. The molecule has 2 aromatic rings. The number of carbonyl (C=O) groups excluding carboxylic acids is 3. The Morgan fingerprint density at radius 2 is 1.85 bits per heavy atom. The number of likely N-dealkylation sites (tertiary alicyclic amines) is 2. The van der Waals surface area contributed by atoms with Gasteiger partial charge in [0.2, 0.25) is 0 Å². The number of ketones is 1. The first-order valence-corrected chi connectivity index (χ1v) is 15.2. The standard InChI is InChI=1S/C30H42FN5O4S/c1-19-26(20(2)37)41-28(32-19)34-27(38)33-25-18-36(29(39)40-30(3,4)5)14-12-23(25)17-35-13-6-7-22(16-35)15-21-8-10-24(31)11-9-21/h8-11,22-23,25H,6-7,12-18H2,1-5H3,(H2,32,33,34,38)/t22-,23-,25+/m0/s1. The van der Waals surface area contributed by atoms with Crippen molar-refractivity contribution in [2.24, 2.45) is 11.8 Å². The predicted molar refractivity (Wildman–Crippen MR) is 158 cm³/mol. The molecule has 3 atom stereocenters. The van der Waals surface area contributed by atoms with Crippen LogP contribution in [0.25, 0.3) is 0 Å².